The first-order valence-electron chi connectivity index (χ1n) is 5.78. The summed E-state index contributed by atoms with van der Waals surface area (Å²) in [4.78, 5) is 22.3. The monoisotopic (exact) mass is 198 g/mol. The molecule has 0 aromatic carbocycles. The SMILES string of the molecule is CCCCCCCC(=O)C(=O)CCC. The van der Waals surface area contributed by atoms with Gasteiger partial charge in [-0.05, 0) is 12.8 Å². The van der Waals surface area contributed by atoms with Crippen LogP contribution in [0, 0.1) is 0 Å². The van der Waals surface area contributed by atoms with Crippen molar-refractivity contribution in [3.8, 4) is 0 Å². The van der Waals surface area contributed by atoms with Gasteiger partial charge in [-0.25, -0.2) is 0 Å². The first-order chi connectivity index (χ1) is 6.72. The van der Waals surface area contributed by atoms with Crippen molar-refractivity contribution in [2.75, 3.05) is 0 Å². The summed E-state index contributed by atoms with van der Waals surface area (Å²) in [5.74, 6) is -0.341. The van der Waals surface area contributed by atoms with Gasteiger partial charge >= 0.3 is 0 Å². The molecular weight excluding hydrogens is 176 g/mol. The van der Waals surface area contributed by atoms with E-state index in [4.69, 9.17) is 0 Å². The minimum absolute atomic E-state index is 0.164. The lowest BCUT2D eigenvalue weighted by Gasteiger charge is -1.99. The van der Waals surface area contributed by atoms with Crippen molar-refractivity contribution in [2.45, 2.75) is 65.2 Å². The Balaban J connectivity index is 3.39. The molecule has 0 spiro atoms. The largest absolute Gasteiger partial charge is 0.291 e. The van der Waals surface area contributed by atoms with E-state index in [-0.39, 0.29) is 11.6 Å². The second-order valence-electron chi connectivity index (χ2n) is 3.76. The fourth-order valence-corrected chi connectivity index (χ4v) is 1.40. The molecule has 0 aliphatic rings. The molecule has 0 atom stereocenters. The average Bonchev–Trinajstić information content (AvgIpc) is 2.17. The molecule has 0 saturated carbocycles. The van der Waals surface area contributed by atoms with Crippen LogP contribution in [0.15, 0.2) is 0 Å². The highest BCUT2D eigenvalue weighted by atomic mass is 16.2. The van der Waals surface area contributed by atoms with Crippen LogP contribution in [-0.4, -0.2) is 11.6 Å². The molecule has 0 fully saturated rings. The summed E-state index contributed by atoms with van der Waals surface area (Å²) in [6, 6.07) is 0. The zero-order chi connectivity index (χ0) is 10.8. The molecule has 0 aromatic rings. The van der Waals surface area contributed by atoms with E-state index in [2.05, 4.69) is 6.92 Å². The van der Waals surface area contributed by atoms with Gasteiger partial charge in [-0.3, -0.25) is 9.59 Å². The molecule has 0 unspecified atom stereocenters. The van der Waals surface area contributed by atoms with E-state index in [1.165, 1.54) is 19.3 Å². The fraction of sp³-hybridized carbons (Fsp3) is 0.833. The molecule has 82 valence electrons. The molecule has 0 radical (unpaired) electrons. The molecule has 0 heterocycles. The summed E-state index contributed by atoms with van der Waals surface area (Å²) in [6.07, 6.45) is 7.26. The maximum Gasteiger partial charge on any atom is 0.198 e. The van der Waals surface area contributed by atoms with Crippen molar-refractivity contribution in [3.05, 3.63) is 0 Å². The van der Waals surface area contributed by atoms with Crippen LogP contribution in [-0.2, 0) is 9.59 Å². The van der Waals surface area contributed by atoms with Gasteiger partial charge in [0.1, 0.15) is 0 Å². The maximum absolute atomic E-state index is 11.2. The zero-order valence-electron chi connectivity index (χ0n) is 9.47. The van der Waals surface area contributed by atoms with Crippen molar-refractivity contribution in [3.63, 3.8) is 0 Å². The van der Waals surface area contributed by atoms with Crippen LogP contribution < -0.4 is 0 Å². The second-order valence-corrected chi connectivity index (χ2v) is 3.76. The van der Waals surface area contributed by atoms with Gasteiger partial charge in [0.15, 0.2) is 11.6 Å². The topological polar surface area (TPSA) is 34.1 Å². The first kappa shape index (κ1) is 13.3. The van der Waals surface area contributed by atoms with Crippen LogP contribution in [0.5, 0.6) is 0 Å². The average molecular weight is 198 g/mol. The molecule has 0 aromatic heterocycles. The van der Waals surface area contributed by atoms with Crippen molar-refractivity contribution in [1.82, 2.24) is 0 Å². The second kappa shape index (κ2) is 8.92. The van der Waals surface area contributed by atoms with Crippen molar-refractivity contribution < 1.29 is 9.59 Å². The maximum atomic E-state index is 11.2. The van der Waals surface area contributed by atoms with Crippen LogP contribution in [0.1, 0.15) is 65.2 Å². The van der Waals surface area contributed by atoms with Crippen LogP contribution in [0.2, 0.25) is 0 Å². The lowest BCUT2D eigenvalue weighted by atomic mass is 10.0. The number of hydrogen-bond acceptors (Lipinski definition) is 2. The van der Waals surface area contributed by atoms with Gasteiger partial charge in [0.05, 0.1) is 0 Å². The number of Topliss-reactive ketones (excluding diaryl/α,β-unsaturated/α-hetero) is 2. The predicted octanol–water partition coefficient (Wildman–Crippen LogP) is 3.29. The molecule has 0 bridgehead atoms. The van der Waals surface area contributed by atoms with E-state index in [9.17, 15) is 9.59 Å². The van der Waals surface area contributed by atoms with Crippen molar-refractivity contribution in [2.24, 2.45) is 0 Å². The summed E-state index contributed by atoms with van der Waals surface area (Å²) in [5, 5.41) is 0. The molecular formula is C12H22O2. The third-order valence-corrected chi connectivity index (χ3v) is 2.30. The van der Waals surface area contributed by atoms with E-state index >= 15 is 0 Å². The molecule has 0 rings (SSSR count). The molecule has 0 N–H and O–H groups in total. The molecule has 2 heteroatoms. The zero-order valence-corrected chi connectivity index (χ0v) is 9.47. The minimum atomic E-state index is -0.178. The normalized spacial score (nSPS) is 10.1. The van der Waals surface area contributed by atoms with Gasteiger partial charge in [0.25, 0.3) is 0 Å². The quantitative estimate of drug-likeness (QED) is 0.421. The minimum Gasteiger partial charge on any atom is -0.291 e. The first-order valence-corrected chi connectivity index (χ1v) is 5.78. The number of rotatable bonds is 9. The number of carbonyl (C=O) groups is 2. The third-order valence-electron chi connectivity index (χ3n) is 2.30. The van der Waals surface area contributed by atoms with Gasteiger partial charge in [0.2, 0.25) is 0 Å². The molecule has 0 aliphatic carbocycles. The fourth-order valence-electron chi connectivity index (χ4n) is 1.40. The van der Waals surface area contributed by atoms with Gasteiger partial charge in [-0.1, -0.05) is 39.5 Å². The molecule has 2 nitrogen and oxygen atoms in total. The van der Waals surface area contributed by atoms with E-state index < -0.39 is 0 Å². The van der Waals surface area contributed by atoms with Crippen LogP contribution >= 0.6 is 0 Å². The lowest BCUT2D eigenvalue weighted by Crippen LogP contribution is -2.12. The lowest BCUT2D eigenvalue weighted by molar-refractivity contribution is -0.136. The van der Waals surface area contributed by atoms with Gasteiger partial charge in [-0.2, -0.15) is 0 Å². The summed E-state index contributed by atoms with van der Waals surface area (Å²) in [7, 11) is 0. The predicted molar refractivity (Wildman–Crippen MR) is 58.3 cm³/mol. The standard InChI is InChI=1S/C12H22O2/c1-3-5-6-7-8-10-12(14)11(13)9-4-2/h3-10H2,1-2H3. The third kappa shape index (κ3) is 6.81. The highest BCUT2D eigenvalue weighted by Crippen LogP contribution is 2.06. The van der Waals surface area contributed by atoms with Gasteiger partial charge in [0, 0.05) is 12.8 Å². The highest BCUT2D eigenvalue weighted by Gasteiger charge is 2.10. The Hall–Kier alpha value is -0.660. The Kier molecular flexibility index (Phi) is 8.50. The van der Waals surface area contributed by atoms with E-state index in [1.807, 2.05) is 6.92 Å². The summed E-state index contributed by atoms with van der Waals surface area (Å²) >= 11 is 0. The van der Waals surface area contributed by atoms with E-state index in [0.29, 0.717) is 12.8 Å². The van der Waals surface area contributed by atoms with Gasteiger partial charge < -0.3 is 0 Å². The van der Waals surface area contributed by atoms with Crippen LogP contribution in [0.3, 0.4) is 0 Å². The summed E-state index contributed by atoms with van der Waals surface area (Å²) in [5.41, 5.74) is 0. The Morgan fingerprint density at radius 1 is 0.714 bits per heavy atom. The number of hydrogen-bond donors (Lipinski definition) is 0. The molecule has 0 amide bonds. The van der Waals surface area contributed by atoms with Crippen LogP contribution in [0.25, 0.3) is 0 Å². The summed E-state index contributed by atoms with van der Waals surface area (Å²) in [6.45, 7) is 4.09. The Labute approximate surface area is 87.1 Å². The molecule has 0 saturated heterocycles. The van der Waals surface area contributed by atoms with Crippen molar-refractivity contribution in [1.29, 1.82) is 0 Å². The smallest absolute Gasteiger partial charge is 0.198 e. The Bertz CT molecular complexity index is 173. The van der Waals surface area contributed by atoms with Crippen LogP contribution in [0.4, 0.5) is 0 Å². The van der Waals surface area contributed by atoms with E-state index in [0.717, 1.165) is 19.3 Å². The van der Waals surface area contributed by atoms with Gasteiger partial charge in [-0.15, -0.1) is 0 Å². The Morgan fingerprint density at radius 3 is 1.86 bits per heavy atom. The Morgan fingerprint density at radius 2 is 1.29 bits per heavy atom. The number of unbranched alkanes of at least 4 members (excludes halogenated alkanes) is 4. The highest BCUT2D eigenvalue weighted by molar-refractivity contribution is 6.37. The molecule has 0 aliphatic heterocycles. The molecule has 14 heavy (non-hydrogen) atoms. The van der Waals surface area contributed by atoms with E-state index in [1.54, 1.807) is 0 Å². The summed E-state index contributed by atoms with van der Waals surface area (Å²) < 4.78 is 0. The number of carbonyl (C=O) groups excluding carboxylic acids is 2. The van der Waals surface area contributed by atoms with Crippen molar-refractivity contribution >= 4 is 11.6 Å². The number of ketones is 2.